The van der Waals surface area contributed by atoms with Crippen LogP contribution in [-0.4, -0.2) is 27.9 Å². The summed E-state index contributed by atoms with van der Waals surface area (Å²) in [5, 5.41) is 14.6. The third-order valence-corrected chi connectivity index (χ3v) is 4.52. The molecule has 1 aromatic carbocycles. The molecule has 3 rings (SSSR count). The van der Waals surface area contributed by atoms with E-state index in [4.69, 9.17) is 9.47 Å². The monoisotopic (exact) mass is 417 g/mol. The Hall–Kier alpha value is -3.23. The number of thiol groups is 1. The summed E-state index contributed by atoms with van der Waals surface area (Å²) >= 11 is 5.05. The van der Waals surface area contributed by atoms with Crippen LogP contribution in [0.25, 0.3) is 6.08 Å². The summed E-state index contributed by atoms with van der Waals surface area (Å²) in [5.41, 5.74) is 0.327. The number of carbonyl (C=O) groups excluding carboxylic acids is 1. The Labute approximate surface area is 169 Å². The summed E-state index contributed by atoms with van der Waals surface area (Å²) in [7, 11) is 1.51. The van der Waals surface area contributed by atoms with E-state index in [0.717, 1.165) is 11.5 Å². The molecule has 0 aliphatic carbocycles. The van der Waals surface area contributed by atoms with Gasteiger partial charge in [-0.25, -0.2) is 0 Å². The Morgan fingerprint density at radius 2 is 2.18 bits per heavy atom. The largest absolute Gasteiger partial charge is 0.493 e. The average molecular weight is 417 g/mol. The molecule has 28 heavy (non-hydrogen) atoms. The van der Waals surface area contributed by atoms with Crippen molar-refractivity contribution in [2.45, 2.75) is 12.1 Å². The molecule has 1 unspecified atom stereocenters. The fourth-order valence-corrected chi connectivity index (χ4v) is 3.15. The SMILES string of the molecule is COc1cccc(/C=C/C2=C(C#N)C(=O)NC(S)N2)c1OCc1nc(=O)s[nH]1. The first kappa shape index (κ1) is 19.5. The summed E-state index contributed by atoms with van der Waals surface area (Å²) < 4.78 is 13.9. The summed E-state index contributed by atoms with van der Waals surface area (Å²) in [6, 6.07) is 7.16. The first-order valence-electron chi connectivity index (χ1n) is 7.94. The Morgan fingerprint density at radius 3 is 2.86 bits per heavy atom. The molecule has 1 aliphatic heterocycles. The number of para-hydroxylation sites is 1. The number of nitrogens with one attached hydrogen (secondary N) is 3. The van der Waals surface area contributed by atoms with Crippen LogP contribution in [0.4, 0.5) is 0 Å². The van der Waals surface area contributed by atoms with Gasteiger partial charge in [0.1, 0.15) is 23.7 Å². The molecular weight excluding hydrogens is 402 g/mol. The van der Waals surface area contributed by atoms with Gasteiger partial charge < -0.3 is 20.1 Å². The quantitative estimate of drug-likeness (QED) is 0.519. The molecule has 9 nitrogen and oxygen atoms in total. The van der Waals surface area contributed by atoms with Gasteiger partial charge in [0.25, 0.3) is 5.91 Å². The number of methoxy groups -OCH3 is 1. The molecular formula is C17H15N5O4S2. The molecule has 144 valence electrons. The van der Waals surface area contributed by atoms with Crippen LogP contribution in [0.1, 0.15) is 11.4 Å². The second-order valence-electron chi connectivity index (χ2n) is 5.45. The van der Waals surface area contributed by atoms with E-state index in [9.17, 15) is 14.9 Å². The zero-order valence-electron chi connectivity index (χ0n) is 14.6. The summed E-state index contributed by atoms with van der Waals surface area (Å²) in [6.45, 7) is 0.0471. The molecule has 1 aromatic heterocycles. The van der Waals surface area contributed by atoms with Gasteiger partial charge in [0.2, 0.25) is 0 Å². The number of benzene rings is 1. The number of hydrogen-bond acceptors (Lipinski definition) is 9. The van der Waals surface area contributed by atoms with E-state index in [0.29, 0.717) is 28.6 Å². The number of nitrogens with zero attached hydrogens (tertiary/aromatic N) is 2. The van der Waals surface area contributed by atoms with Crippen LogP contribution in [-0.2, 0) is 11.4 Å². The number of amides is 1. The molecule has 0 spiro atoms. The molecule has 0 radical (unpaired) electrons. The average Bonchev–Trinajstić information content (AvgIpc) is 3.09. The van der Waals surface area contributed by atoms with Crippen LogP contribution in [0.5, 0.6) is 11.5 Å². The summed E-state index contributed by atoms with van der Waals surface area (Å²) in [4.78, 5) is 26.5. The molecule has 1 atom stereocenters. The number of carbonyl (C=O) groups is 1. The Balaban J connectivity index is 1.91. The second-order valence-corrected chi connectivity index (χ2v) is 6.72. The van der Waals surface area contributed by atoms with E-state index in [2.05, 4.69) is 32.6 Å². The van der Waals surface area contributed by atoms with Crippen molar-refractivity contribution < 1.29 is 14.3 Å². The summed E-state index contributed by atoms with van der Waals surface area (Å²) in [5.74, 6) is 0.803. The lowest BCUT2D eigenvalue weighted by atomic mass is 10.1. The fourth-order valence-electron chi connectivity index (χ4n) is 2.43. The van der Waals surface area contributed by atoms with Crippen molar-refractivity contribution in [3.8, 4) is 17.6 Å². The van der Waals surface area contributed by atoms with Crippen LogP contribution in [0.3, 0.4) is 0 Å². The van der Waals surface area contributed by atoms with Gasteiger partial charge in [-0.15, -0.1) is 12.6 Å². The van der Waals surface area contributed by atoms with E-state index in [-0.39, 0.29) is 17.1 Å². The number of aromatic amines is 1. The number of ether oxygens (including phenoxy) is 2. The number of nitriles is 1. The molecule has 3 N–H and O–H groups in total. The van der Waals surface area contributed by atoms with E-state index in [1.54, 1.807) is 30.4 Å². The molecule has 2 heterocycles. The van der Waals surface area contributed by atoms with Crippen molar-refractivity contribution in [1.29, 1.82) is 5.26 Å². The van der Waals surface area contributed by atoms with Gasteiger partial charge in [-0.2, -0.15) is 10.2 Å². The van der Waals surface area contributed by atoms with E-state index < -0.39 is 11.4 Å². The maximum Gasteiger partial charge on any atom is 0.343 e. The standard InChI is InChI=1S/C17H15N5O4S2/c1-25-12-4-2-3-9(14(12)26-8-13-20-17(24)28-22-13)5-6-11-10(7-18)15(23)21-16(27)19-11/h2-6,16,19,27H,8H2,1H3,(H,21,23)(H,20,22,24)/b6-5+. The van der Waals surface area contributed by atoms with Gasteiger partial charge in [-0.1, -0.05) is 12.1 Å². The minimum Gasteiger partial charge on any atom is -0.493 e. The third-order valence-electron chi connectivity index (χ3n) is 3.66. The lowest BCUT2D eigenvalue weighted by Crippen LogP contribution is -2.46. The molecule has 0 fully saturated rings. The molecule has 1 aliphatic rings. The van der Waals surface area contributed by atoms with Crippen LogP contribution in [0, 0.1) is 11.3 Å². The zero-order chi connectivity index (χ0) is 20.1. The van der Waals surface area contributed by atoms with Crippen molar-refractivity contribution in [2.24, 2.45) is 0 Å². The number of aromatic nitrogens is 2. The van der Waals surface area contributed by atoms with Gasteiger partial charge >= 0.3 is 4.87 Å². The van der Waals surface area contributed by atoms with Gasteiger partial charge in [-0.05, 0) is 18.2 Å². The fraction of sp³-hybridized carbons (Fsp3) is 0.176. The molecule has 0 bridgehead atoms. The van der Waals surface area contributed by atoms with Crippen molar-refractivity contribution in [3.05, 3.63) is 56.6 Å². The predicted molar refractivity (Wildman–Crippen MR) is 106 cm³/mol. The normalized spacial score (nSPS) is 16.5. The topological polar surface area (TPSA) is 129 Å². The van der Waals surface area contributed by atoms with Crippen LogP contribution >= 0.6 is 24.2 Å². The smallest absolute Gasteiger partial charge is 0.343 e. The van der Waals surface area contributed by atoms with Gasteiger partial charge in [-0.3, -0.25) is 14.0 Å². The second kappa shape index (κ2) is 8.64. The first-order chi connectivity index (χ1) is 13.5. The highest BCUT2D eigenvalue weighted by Gasteiger charge is 2.22. The lowest BCUT2D eigenvalue weighted by molar-refractivity contribution is -0.117. The minimum absolute atomic E-state index is 0.0471. The van der Waals surface area contributed by atoms with E-state index in [1.165, 1.54) is 7.11 Å². The molecule has 0 saturated carbocycles. The molecule has 0 saturated heterocycles. The molecule has 2 aromatic rings. The van der Waals surface area contributed by atoms with Gasteiger partial charge in [0.15, 0.2) is 17.3 Å². The van der Waals surface area contributed by atoms with Gasteiger partial charge in [0.05, 0.1) is 12.8 Å². The maximum absolute atomic E-state index is 11.9. The number of hydrogen-bond donors (Lipinski definition) is 4. The van der Waals surface area contributed by atoms with E-state index in [1.807, 2.05) is 6.07 Å². The first-order valence-corrected chi connectivity index (χ1v) is 9.27. The highest BCUT2D eigenvalue weighted by molar-refractivity contribution is 7.80. The van der Waals surface area contributed by atoms with Crippen LogP contribution in [0.2, 0.25) is 0 Å². The van der Waals surface area contributed by atoms with E-state index >= 15 is 0 Å². The van der Waals surface area contributed by atoms with Crippen molar-refractivity contribution in [2.75, 3.05) is 7.11 Å². The Morgan fingerprint density at radius 1 is 1.36 bits per heavy atom. The number of H-pyrrole nitrogens is 1. The third kappa shape index (κ3) is 4.36. The maximum atomic E-state index is 11.9. The lowest BCUT2D eigenvalue weighted by Gasteiger charge is -2.22. The highest BCUT2D eigenvalue weighted by atomic mass is 32.1. The predicted octanol–water partition coefficient (Wildman–Crippen LogP) is 1.14. The van der Waals surface area contributed by atoms with Crippen molar-refractivity contribution in [1.82, 2.24) is 20.0 Å². The Bertz CT molecular complexity index is 1050. The molecule has 11 heteroatoms. The number of rotatable bonds is 6. The van der Waals surface area contributed by atoms with Crippen molar-refractivity contribution in [3.63, 3.8) is 0 Å². The summed E-state index contributed by atoms with van der Waals surface area (Å²) in [6.07, 6.45) is 3.27. The van der Waals surface area contributed by atoms with Crippen LogP contribution < -0.4 is 25.0 Å². The van der Waals surface area contributed by atoms with Gasteiger partial charge in [0, 0.05) is 17.1 Å². The number of allylic oxidation sites excluding steroid dienone is 1. The zero-order valence-corrected chi connectivity index (χ0v) is 16.3. The molecule has 1 amide bonds. The minimum atomic E-state index is -0.605. The highest BCUT2D eigenvalue weighted by Crippen LogP contribution is 2.33. The van der Waals surface area contributed by atoms with Crippen LogP contribution in [0.15, 0.2) is 40.3 Å². The Kier molecular flexibility index (Phi) is 6.03. The van der Waals surface area contributed by atoms with Crippen molar-refractivity contribution >= 4 is 36.1 Å².